The zero-order chi connectivity index (χ0) is 9.84. The number of hydrogen-bond acceptors (Lipinski definition) is 3. The molecule has 0 aliphatic carbocycles. The number of carbonyl (C=O) groups excluding carboxylic acids is 1. The smallest absolute Gasteiger partial charge is 0.255 e. The van der Waals surface area contributed by atoms with Crippen molar-refractivity contribution >= 4 is 17.5 Å². The van der Waals surface area contributed by atoms with Gasteiger partial charge in [0.1, 0.15) is 6.04 Å². The van der Waals surface area contributed by atoms with Gasteiger partial charge in [-0.3, -0.25) is 10.2 Å². The van der Waals surface area contributed by atoms with Gasteiger partial charge in [-0.1, -0.05) is 29.8 Å². The van der Waals surface area contributed by atoms with Gasteiger partial charge in [-0.05, 0) is 11.6 Å². The fourth-order valence-electron chi connectivity index (χ4n) is 0.958. The van der Waals surface area contributed by atoms with Crippen LogP contribution >= 0.6 is 11.6 Å². The van der Waals surface area contributed by atoms with Gasteiger partial charge in [0.15, 0.2) is 0 Å². The Kier molecular flexibility index (Phi) is 3.25. The highest BCUT2D eigenvalue weighted by Crippen LogP contribution is 2.20. The van der Waals surface area contributed by atoms with E-state index in [2.05, 4.69) is 0 Å². The molecule has 13 heavy (non-hydrogen) atoms. The Balaban J connectivity index is 2.95. The van der Waals surface area contributed by atoms with Crippen LogP contribution in [-0.2, 0) is 4.79 Å². The number of amides is 1. The number of halogens is 1. The summed E-state index contributed by atoms with van der Waals surface area (Å²) >= 11 is 5.82. The van der Waals surface area contributed by atoms with E-state index < -0.39 is 11.9 Å². The minimum Gasteiger partial charge on any atom is -0.316 e. The van der Waals surface area contributed by atoms with Crippen molar-refractivity contribution in [2.45, 2.75) is 6.04 Å². The monoisotopic (exact) mass is 199 g/mol. The second-order valence-corrected chi connectivity index (χ2v) is 2.91. The Bertz CT molecular complexity index is 316. The molecule has 1 amide bonds. The summed E-state index contributed by atoms with van der Waals surface area (Å²) < 4.78 is 0. The third-order valence-corrected chi connectivity index (χ3v) is 2.01. The predicted molar refractivity (Wildman–Crippen MR) is 50.7 cm³/mol. The topological polar surface area (TPSA) is 81.1 Å². The van der Waals surface area contributed by atoms with Crippen molar-refractivity contribution in [1.29, 1.82) is 0 Å². The molecule has 0 aromatic heterocycles. The number of carbonyl (C=O) groups is 1. The van der Waals surface area contributed by atoms with Crippen molar-refractivity contribution < 1.29 is 4.79 Å². The summed E-state index contributed by atoms with van der Waals surface area (Å²) in [6, 6.07) is 6.05. The SMILES string of the molecule is NNC(=O)C(N)c1ccccc1Cl. The lowest BCUT2D eigenvalue weighted by Crippen LogP contribution is -2.38. The van der Waals surface area contributed by atoms with E-state index in [-0.39, 0.29) is 0 Å². The Morgan fingerprint density at radius 3 is 2.62 bits per heavy atom. The van der Waals surface area contributed by atoms with Gasteiger partial charge in [0.25, 0.3) is 5.91 Å². The molecule has 70 valence electrons. The maximum absolute atomic E-state index is 11.0. The summed E-state index contributed by atoms with van der Waals surface area (Å²) in [6.07, 6.45) is 0. The molecule has 0 aliphatic heterocycles. The minimum absolute atomic E-state index is 0.457. The van der Waals surface area contributed by atoms with Crippen LogP contribution in [0.25, 0.3) is 0 Å². The predicted octanol–water partition coefficient (Wildman–Crippen LogP) is 0.330. The fourth-order valence-corrected chi connectivity index (χ4v) is 1.21. The van der Waals surface area contributed by atoms with E-state index in [4.69, 9.17) is 23.2 Å². The van der Waals surface area contributed by atoms with Gasteiger partial charge in [-0.25, -0.2) is 5.84 Å². The quantitative estimate of drug-likeness (QED) is 0.365. The molecule has 0 radical (unpaired) electrons. The van der Waals surface area contributed by atoms with Crippen LogP contribution in [0.15, 0.2) is 24.3 Å². The third-order valence-electron chi connectivity index (χ3n) is 1.67. The molecular formula is C8H10ClN3O. The van der Waals surface area contributed by atoms with E-state index in [1.807, 2.05) is 5.43 Å². The Morgan fingerprint density at radius 1 is 1.46 bits per heavy atom. The standard InChI is InChI=1S/C8H10ClN3O/c9-6-4-2-1-3-5(6)7(10)8(13)12-11/h1-4,7H,10-11H2,(H,12,13). The van der Waals surface area contributed by atoms with E-state index in [1.165, 1.54) is 0 Å². The average Bonchev–Trinajstić information content (AvgIpc) is 2.16. The van der Waals surface area contributed by atoms with Gasteiger partial charge >= 0.3 is 0 Å². The van der Waals surface area contributed by atoms with Gasteiger partial charge in [0.05, 0.1) is 0 Å². The van der Waals surface area contributed by atoms with E-state index in [9.17, 15) is 4.79 Å². The van der Waals surface area contributed by atoms with Crippen molar-refractivity contribution in [2.75, 3.05) is 0 Å². The number of benzene rings is 1. The summed E-state index contributed by atoms with van der Waals surface area (Å²) in [5.41, 5.74) is 8.10. The highest BCUT2D eigenvalue weighted by Gasteiger charge is 2.16. The van der Waals surface area contributed by atoms with Gasteiger partial charge in [0, 0.05) is 5.02 Å². The average molecular weight is 200 g/mol. The maximum atomic E-state index is 11.0. The van der Waals surface area contributed by atoms with Crippen molar-refractivity contribution in [2.24, 2.45) is 11.6 Å². The molecule has 1 rings (SSSR count). The molecule has 0 saturated heterocycles. The molecule has 1 atom stereocenters. The zero-order valence-electron chi connectivity index (χ0n) is 6.83. The molecule has 0 spiro atoms. The molecule has 1 aromatic carbocycles. The van der Waals surface area contributed by atoms with Crippen LogP contribution < -0.4 is 17.0 Å². The molecule has 0 heterocycles. The van der Waals surface area contributed by atoms with E-state index >= 15 is 0 Å². The summed E-state index contributed by atoms with van der Waals surface area (Å²) in [7, 11) is 0. The maximum Gasteiger partial charge on any atom is 0.255 e. The number of hydrazine groups is 1. The highest BCUT2D eigenvalue weighted by molar-refractivity contribution is 6.31. The van der Waals surface area contributed by atoms with Crippen molar-refractivity contribution in [3.63, 3.8) is 0 Å². The van der Waals surface area contributed by atoms with Crippen molar-refractivity contribution in [3.8, 4) is 0 Å². The van der Waals surface area contributed by atoms with Gasteiger partial charge in [-0.15, -0.1) is 0 Å². The van der Waals surface area contributed by atoms with Crippen molar-refractivity contribution in [3.05, 3.63) is 34.9 Å². The number of rotatable bonds is 2. The van der Waals surface area contributed by atoms with Crippen LogP contribution in [0.4, 0.5) is 0 Å². The van der Waals surface area contributed by atoms with Crippen LogP contribution in [0.2, 0.25) is 5.02 Å². The molecule has 5 heteroatoms. The van der Waals surface area contributed by atoms with Crippen LogP contribution in [0, 0.1) is 0 Å². The number of nitrogens with two attached hydrogens (primary N) is 2. The lowest BCUT2D eigenvalue weighted by molar-refractivity contribution is -0.122. The van der Waals surface area contributed by atoms with Gasteiger partial charge in [-0.2, -0.15) is 0 Å². The first kappa shape index (κ1) is 9.98. The largest absolute Gasteiger partial charge is 0.316 e. The second-order valence-electron chi connectivity index (χ2n) is 2.51. The Morgan fingerprint density at radius 2 is 2.08 bits per heavy atom. The van der Waals surface area contributed by atoms with E-state index in [0.29, 0.717) is 10.6 Å². The molecule has 4 nitrogen and oxygen atoms in total. The van der Waals surface area contributed by atoms with E-state index in [0.717, 1.165) is 0 Å². The Hall–Kier alpha value is -1.10. The molecule has 5 N–H and O–H groups in total. The molecule has 0 aliphatic rings. The number of hydrogen-bond donors (Lipinski definition) is 3. The van der Waals surface area contributed by atoms with Crippen LogP contribution in [0.5, 0.6) is 0 Å². The lowest BCUT2D eigenvalue weighted by atomic mass is 10.1. The van der Waals surface area contributed by atoms with Gasteiger partial charge in [0.2, 0.25) is 0 Å². The minimum atomic E-state index is -0.821. The molecule has 0 fully saturated rings. The van der Waals surface area contributed by atoms with Crippen molar-refractivity contribution in [1.82, 2.24) is 5.43 Å². The first-order valence-electron chi connectivity index (χ1n) is 3.67. The fraction of sp³-hybridized carbons (Fsp3) is 0.125. The van der Waals surface area contributed by atoms with E-state index in [1.54, 1.807) is 24.3 Å². The summed E-state index contributed by atoms with van der Waals surface area (Å²) in [5, 5.41) is 0.457. The van der Waals surface area contributed by atoms with Gasteiger partial charge < -0.3 is 5.73 Å². The number of nitrogens with one attached hydrogen (secondary N) is 1. The summed E-state index contributed by atoms with van der Waals surface area (Å²) in [6.45, 7) is 0. The molecule has 1 unspecified atom stereocenters. The molecule has 1 aromatic rings. The normalized spacial score (nSPS) is 12.2. The first-order valence-corrected chi connectivity index (χ1v) is 4.05. The summed E-state index contributed by atoms with van der Waals surface area (Å²) in [4.78, 5) is 11.0. The van der Waals surface area contributed by atoms with Crippen LogP contribution in [0.3, 0.4) is 0 Å². The molecule has 0 bridgehead atoms. The second kappa shape index (κ2) is 4.23. The lowest BCUT2D eigenvalue weighted by Gasteiger charge is -2.11. The van der Waals surface area contributed by atoms with Crippen LogP contribution in [0.1, 0.15) is 11.6 Å². The Labute approximate surface area is 80.8 Å². The first-order chi connectivity index (χ1) is 6.16. The molecular weight excluding hydrogens is 190 g/mol. The highest BCUT2D eigenvalue weighted by atomic mass is 35.5. The van der Waals surface area contributed by atoms with Crippen LogP contribution in [-0.4, -0.2) is 5.91 Å². The third kappa shape index (κ3) is 2.18. The molecule has 0 saturated carbocycles. The zero-order valence-corrected chi connectivity index (χ0v) is 7.58. The summed E-state index contributed by atoms with van der Waals surface area (Å²) in [5.74, 6) is 4.47.